The van der Waals surface area contributed by atoms with Crippen molar-refractivity contribution in [1.29, 1.82) is 0 Å². The molecule has 0 aliphatic rings. The summed E-state index contributed by atoms with van der Waals surface area (Å²) in [5, 5.41) is 0.628. The molecule has 0 N–H and O–H groups in total. The van der Waals surface area contributed by atoms with Gasteiger partial charge in [-0.25, -0.2) is 4.98 Å². The number of benzene rings is 2. The Kier molecular flexibility index (Phi) is 5.05. The van der Waals surface area contributed by atoms with Gasteiger partial charge in [0.15, 0.2) is 18.2 Å². The van der Waals surface area contributed by atoms with Crippen LogP contribution in [0.1, 0.15) is 5.82 Å². The predicted octanol–water partition coefficient (Wildman–Crippen LogP) is 3.30. The highest BCUT2D eigenvalue weighted by Gasteiger charge is 2.15. The van der Waals surface area contributed by atoms with Gasteiger partial charge in [-0.15, -0.1) is 17.0 Å². The number of para-hydroxylation sites is 2. The molecule has 0 atom stereocenters. The van der Waals surface area contributed by atoms with Gasteiger partial charge < -0.3 is 0 Å². The zero-order chi connectivity index (χ0) is 16.4. The lowest BCUT2D eigenvalue weighted by atomic mass is 10.2. The Hall–Kier alpha value is -2.79. The molecule has 2 heterocycles. The Morgan fingerprint density at radius 2 is 1.48 bits per heavy atom. The van der Waals surface area contributed by atoms with Crippen molar-refractivity contribution in [1.82, 2.24) is 9.55 Å². The van der Waals surface area contributed by atoms with Crippen LogP contribution in [0.15, 0.2) is 90.0 Å². The fraction of sp³-hybridized carbons (Fsp3) is 0.0500. The molecule has 4 aromatic rings. The minimum atomic E-state index is -0.0432. The van der Waals surface area contributed by atoms with E-state index in [-0.39, 0.29) is 22.5 Å². The normalized spacial score (nSPS) is 10.4. The SMILES string of the molecule is Br.O=c1c2ccccc2nc(C[n+]2ccccc2)n1-c1ccccc1. The first-order valence-corrected chi connectivity index (χ1v) is 7.83. The van der Waals surface area contributed by atoms with Crippen LogP contribution in [-0.2, 0) is 6.54 Å². The van der Waals surface area contributed by atoms with E-state index in [4.69, 9.17) is 4.98 Å². The van der Waals surface area contributed by atoms with Crippen molar-refractivity contribution in [2.45, 2.75) is 6.54 Å². The molecule has 0 bridgehead atoms. The molecule has 124 valence electrons. The summed E-state index contributed by atoms with van der Waals surface area (Å²) in [5.74, 6) is 0.709. The van der Waals surface area contributed by atoms with E-state index in [9.17, 15) is 4.79 Å². The minimum Gasteiger partial charge on any atom is -0.268 e. The number of nitrogens with zero attached hydrogens (tertiary/aromatic N) is 3. The topological polar surface area (TPSA) is 38.8 Å². The van der Waals surface area contributed by atoms with Crippen LogP contribution in [0.2, 0.25) is 0 Å². The molecule has 0 amide bonds. The van der Waals surface area contributed by atoms with Crippen molar-refractivity contribution >= 4 is 27.9 Å². The Bertz CT molecular complexity index is 1050. The second-order valence-electron chi connectivity index (χ2n) is 5.57. The maximum absolute atomic E-state index is 13.1. The Morgan fingerprint density at radius 1 is 0.840 bits per heavy atom. The quantitative estimate of drug-likeness (QED) is 0.500. The lowest BCUT2D eigenvalue weighted by molar-refractivity contribution is -0.689. The van der Waals surface area contributed by atoms with Gasteiger partial charge in [-0.2, -0.15) is 4.57 Å². The molecule has 2 aromatic heterocycles. The monoisotopic (exact) mass is 394 g/mol. The summed E-state index contributed by atoms with van der Waals surface area (Å²) >= 11 is 0. The van der Waals surface area contributed by atoms with Crippen molar-refractivity contribution in [2.24, 2.45) is 0 Å². The third kappa shape index (κ3) is 3.37. The van der Waals surface area contributed by atoms with E-state index in [0.717, 1.165) is 11.2 Å². The Labute approximate surface area is 155 Å². The average Bonchev–Trinajstić information content (AvgIpc) is 2.64. The van der Waals surface area contributed by atoms with Crippen LogP contribution in [0, 0.1) is 0 Å². The van der Waals surface area contributed by atoms with Crippen molar-refractivity contribution in [3.05, 3.63) is 101 Å². The highest BCUT2D eigenvalue weighted by molar-refractivity contribution is 8.93. The zero-order valence-corrected chi connectivity index (χ0v) is 15.2. The Balaban J connectivity index is 0.00000182. The molecule has 25 heavy (non-hydrogen) atoms. The second kappa shape index (κ2) is 7.40. The molecular weight excluding hydrogens is 378 g/mol. The maximum atomic E-state index is 13.1. The average molecular weight is 395 g/mol. The third-order valence-electron chi connectivity index (χ3n) is 3.96. The molecule has 0 fully saturated rings. The summed E-state index contributed by atoms with van der Waals surface area (Å²) < 4.78 is 3.71. The first-order valence-electron chi connectivity index (χ1n) is 7.83. The molecule has 0 radical (unpaired) electrons. The number of rotatable bonds is 3. The van der Waals surface area contributed by atoms with Crippen molar-refractivity contribution in [2.75, 3.05) is 0 Å². The number of hydrogen-bond donors (Lipinski definition) is 0. The summed E-state index contributed by atoms with van der Waals surface area (Å²) in [6.45, 7) is 0.524. The van der Waals surface area contributed by atoms with E-state index in [2.05, 4.69) is 0 Å². The summed E-state index contributed by atoms with van der Waals surface area (Å²) in [6.07, 6.45) is 3.94. The maximum Gasteiger partial charge on any atom is 0.266 e. The van der Waals surface area contributed by atoms with Gasteiger partial charge in [0.2, 0.25) is 6.54 Å². The van der Waals surface area contributed by atoms with Crippen LogP contribution in [-0.4, -0.2) is 9.55 Å². The van der Waals surface area contributed by atoms with Crippen LogP contribution >= 0.6 is 17.0 Å². The Morgan fingerprint density at radius 3 is 2.24 bits per heavy atom. The fourth-order valence-electron chi connectivity index (χ4n) is 2.83. The number of hydrogen-bond acceptors (Lipinski definition) is 2. The molecule has 0 unspecified atom stereocenters. The van der Waals surface area contributed by atoms with E-state index < -0.39 is 0 Å². The smallest absolute Gasteiger partial charge is 0.266 e. The van der Waals surface area contributed by atoms with Gasteiger partial charge >= 0.3 is 0 Å². The van der Waals surface area contributed by atoms with Gasteiger partial charge in [-0.1, -0.05) is 36.4 Å². The summed E-state index contributed by atoms with van der Waals surface area (Å²) in [6, 6.07) is 23.0. The number of fused-ring (bicyclic) bond motifs is 1. The summed E-state index contributed by atoms with van der Waals surface area (Å²) in [5.41, 5.74) is 1.51. The van der Waals surface area contributed by atoms with E-state index in [1.807, 2.05) is 89.8 Å². The standard InChI is InChI=1S/C20H16N3O.BrH/c24-20-17-11-5-6-12-18(17)21-19(15-22-13-7-2-8-14-22)23(20)16-9-3-1-4-10-16;/h1-14H,15H2;1H/q+1;. The molecule has 0 saturated carbocycles. The first-order chi connectivity index (χ1) is 11.8. The highest BCUT2D eigenvalue weighted by atomic mass is 79.9. The van der Waals surface area contributed by atoms with Gasteiger partial charge in [0, 0.05) is 12.1 Å². The molecular formula is C20H17BrN3O+. The summed E-state index contributed by atoms with van der Waals surface area (Å²) in [4.78, 5) is 17.8. The third-order valence-corrected chi connectivity index (χ3v) is 3.96. The largest absolute Gasteiger partial charge is 0.268 e. The molecule has 0 saturated heterocycles. The second-order valence-corrected chi connectivity index (χ2v) is 5.57. The van der Waals surface area contributed by atoms with E-state index in [1.54, 1.807) is 4.57 Å². The minimum absolute atomic E-state index is 0. The van der Waals surface area contributed by atoms with Gasteiger partial charge in [0.1, 0.15) is 0 Å². The number of pyridine rings is 1. The van der Waals surface area contributed by atoms with Gasteiger partial charge in [-0.3, -0.25) is 9.36 Å². The lowest BCUT2D eigenvalue weighted by Crippen LogP contribution is -2.37. The number of halogens is 1. The van der Waals surface area contributed by atoms with Crippen LogP contribution in [0.5, 0.6) is 0 Å². The lowest BCUT2D eigenvalue weighted by Gasteiger charge is -2.11. The summed E-state index contributed by atoms with van der Waals surface area (Å²) in [7, 11) is 0. The van der Waals surface area contributed by atoms with Gasteiger partial charge in [0.05, 0.1) is 16.6 Å². The van der Waals surface area contributed by atoms with Crippen LogP contribution in [0.3, 0.4) is 0 Å². The molecule has 2 aromatic carbocycles. The first kappa shape index (κ1) is 17.0. The number of aromatic nitrogens is 3. The van der Waals surface area contributed by atoms with Crippen LogP contribution < -0.4 is 10.1 Å². The van der Waals surface area contributed by atoms with E-state index in [0.29, 0.717) is 17.8 Å². The zero-order valence-electron chi connectivity index (χ0n) is 13.4. The molecule has 4 rings (SSSR count). The van der Waals surface area contributed by atoms with Crippen LogP contribution in [0.25, 0.3) is 16.6 Å². The van der Waals surface area contributed by atoms with E-state index in [1.165, 1.54) is 0 Å². The van der Waals surface area contributed by atoms with Crippen LogP contribution in [0.4, 0.5) is 0 Å². The van der Waals surface area contributed by atoms with E-state index >= 15 is 0 Å². The molecule has 4 nitrogen and oxygen atoms in total. The van der Waals surface area contributed by atoms with Gasteiger partial charge in [0.25, 0.3) is 5.56 Å². The van der Waals surface area contributed by atoms with Gasteiger partial charge in [-0.05, 0) is 24.3 Å². The molecule has 0 aliphatic carbocycles. The van der Waals surface area contributed by atoms with Crippen molar-refractivity contribution < 1.29 is 4.57 Å². The molecule has 0 aliphatic heterocycles. The predicted molar refractivity (Wildman–Crippen MR) is 103 cm³/mol. The van der Waals surface area contributed by atoms with Crippen molar-refractivity contribution in [3.8, 4) is 5.69 Å². The fourth-order valence-corrected chi connectivity index (χ4v) is 2.83. The highest BCUT2D eigenvalue weighted by Crippen LogP contribution is 2.12. The molecule has 5 heteroatoms. The molecule has 0 spiro atoms. The van der Waals surface area contributed by atoms with Crippen molar-refractivity contribution in [3.63, 3.8) is 0 Å².